The van der Waals surface area contributed by atoms with Gasteiger partial charge in [-0.25, -0.2) is 4.79 Å². The maximum Gasteiger partial charge on any atom is 0.337 e. The fourth-order valence-corrected chi connectivity index (χ4v) is 3.72. The van der Waals surface area contributed by atoms with Crippen molar-refractivity contribution in [3.05, 3.63) is 59.9 Å². The summed E-state index contributed by atoms with van der Waals surface area (Å²) in [5.74, 6) is 1.34. The maximum atomic E-state index is 12.4. The molecule has 10 heteroatoms. The van der Waals surface area contributed by atoms with Gasteiger partial charge in [-0.05, 0) is 37.3 Å². The molecule has 0 unspecified atom stereocenters. The molecule has 0 saturated carbocycles. The van der Waals surface area contributed by atoms with Crippen molar-refractivity contribution in [2.45, 2.75) is 25.2 Å². The topological polar surface area (TPSA) is 105 Å². The van der Waals surface area contributed by atoms with Crippen molar-refractivity contribution in [2.75, 3.05) is 25.3 Å². The van der Waals surface area contributed by atoms with Crippen LogP contribution in [-0.4, -0.2) is 46.6 Å². The average molecular weight is 457 g/mol. The third-order valence-electron chi connectivity index (χ3n) is 4.44. The summed E-state index contributed by atoms with van der Waals surface area (Å²) in [5, 5.41) is 11.8. The normalized spacial score (nSPS) is 10.5. The Labute approximate surface area is 190 Å². The number of ether oxygens (including phenoxy) is 3. The number of hydrogen-bond acceptors (Lipinski definition) is 8. The van der Waals surface area contributed by atoms with Gasteiger partial charge in [0.1, 0.15) is 6.61 Å². The van der Waals surface area contributed by atoms with Crippen LogP contribution in [0.5, 0.6) is 11.5 Å². The van der Waals surface area contributed by atoms with Crippen molar-refractivity contribution in [1.29, 1.82) is 0 Å². The van der Waals surface area contributed by atoms with E-state index in [0.29, 0.717) is 40.3 Å². The third-order valence-corrected chi connectivity index (χ3v) is 5.40. The van der Waals surface area contributed by atoms with Crippen LogP contribution >= 0.6 is 11.8 Å². The van der Waals surface area contributed by atoms with Crippen LogP contribution in [0, 0.1) is 0 Å². The Balaban J connectivity index is 1.59. The molecule has 2 aromatic carbocycles. The van der Waals surface area contributed by atoms with Gasteiger partial charge >= 0.3 is 5.97 Å². The number of aromatic nitrogens is 3. The van der Waals surface area contributed by atoms with Crippen molar-refractivity contribution < 1.29 is 23.8 Å². The van der Waals surface area contributed by atoms with E-state index in [1.807, 2.05) is 35.8 Å². The van der Waals surface area contributed by atoms with Crippen LogP contribution in [0.4, 0.5) is 5.69 Å². The molecule has 0 atom stereocenters. The maximum absolute atomic E-state index is 12.4. The Morgan fingerprint density at radius 2 is 1.84 bits per heavy atom. The second kappa shape index (κ2) is 11.2. The predicted octanol–water partition coefficient (Wildman–Crippen LogP) is 3.40. The van der Waals surface area contributed by atoms with Crippen LogP contribution in [0.2, 0.25) is 0 Å². The molecule has 168 valence electrons. The Morgan fingerprint density at radius 1 is 1.06 bits per heavy atom. The SMILES string of the molecule is CCn1c(COc2ccccc2OC)nnc1SCC(=O)Nc1cccc(C(=O)OC)c1. The number of amides is 1. The molecule has 0 bridgehead atoms. The Hall–Kier alpha value is -3.53. The summed E-state index contributed by atoms with van der Waals surface area (Å²) < 4.78 is 17.7. The molecule has 9 nitrogen and oxygen atoms in total. The molecule has 0 spiro atoms. The highest BCUT2D eigenvalue weighted by atomic mass is 32.2. The van der Waals surface area contributed by atoms with Crippen LogP contribution in [0.25, 0.3) is 0 Å². The zero-order valence-electron chi connectivity index (χ0n) is 18.0. The van der Waals surface area contributed by atoms with E-state index in [4.69, 9.17) is 14.2 Å². The number of carbonyl (C=O) groups is 2. The molecule has 0 aliphatic rings. The molecule has 0 aliphatic carbocycles. The van der Waals surface area contributed by atoms with Gasteiger partial charge in [-0.1, -0.05) is 30.0 Å². The van der Waals surface area contributed by atoms with E-state index in [2.05, 4.69) is 15.5 Å². The van der Waals surface area contributed by atoms with Crippen LogP contribution in [0.1, 0.15) is 23.1 Å². The molecule has 1 N–H and O–H groups in total. The summed E-state index contributed by atoms with van der Waals surface area (Å²) >= 11 is 1.27. The minimum Gasteiger partial charge on any atom is -0.493 e. The first-order chi connectivity index (χ1) is 15.5. The van der Waals surface area contributed by atoms with Gasteiger partial charge < -0.3 is 24.1 Å². The first-order valence-corrected chi connectivity index (χ1v) is 10.8. The van der Waals surface area contributed by atoms with E-state index in [-0.39, 0.29) is 18.3 Å². The quantitative estimate of drug-likeness (QED) is 0.366. The van der Waals surface area contributed by atoms with Gasteiger partial charge in [0, 0.05) is 12.2 Å². The van der Waals surface area contributed by atoms with E-state index in [1.54, 1.807) is 31.4 Å². The van der Waals surface area contributed by atoms with Gasteiger partial charge in [0.25, 0.3) is 0 Å². The summed E-state index contributed by atoms with van der Waals surface area (Å²) in [6, 6.07) is 13.9. The van der Waals surface area contributed by atoms with E-state index in [0.717, 1.165) is 0 Å². The van der Waals surface area contributed by atoms with E-state index in [9.17, 15) is 9.59 Å². The predicted molar refractivity (Wildman–Crippen MR) is 120 cm³/mol. The average Bonchev–Trinajstić information content (AvgIpc) is 3.22. The van der Waals surface area contributed by atoms with Gasteiger partial charge in [-0.3, -0.25) is 4.79 Å². The number of nitrogens with zero attached hydrogens (tertiary/aromatic N) is 3. The molecule has 0 aliphatic heterocycles. The van der Waals surface area contributed by atoms with Crippen LogP contribution < -0.4 is 14.8 Å². The fourth-order valence-electron chi connectivity index (χ4n) is 2.90. The number of rotatable bonds is 10. The van der Waals surface area contributed by atoms with E-state index >= 15 is 0 Å². The largest absolute Gasteiger partial charge is 0.493 e. The molecular formula is C22H24N4O5S. The standard InChI is InChI=1S/C22H24N4O5S/c1-4-26-19(13-31-18-11-6-5-10-17(18)29-2)24-25-22(26)32-14-20(27)23-16-9-7-8-15(12-16)21(28)30-3/h5-12H,4,13-14H2,1-3H3,(H,23,27). The number of carbonyl (C=O) groups excluding carboxylic acids is 2. The molecular weight excluding hydrogens is 432 g/mol. The highest BCUT2D eigenvalue weighted by Crippen LogP contribution is 2.27. The van der Waals surface area contributed by atoms with Crippen LogP contribution in [0.15, 0.2) is 53.7 Å². The number of esters is 1. The Kier molecular flexibility index (Phi) is 8.09. The van der Waals surface area contributed by atoms with Crippen molar-refractivity contribution in [3.8, 4) is 11.5 Å². The van der Waals surface area contributed by atoms with Crippen molar-refractivity contribution in [2.24, 2.45) is 0 Å². The zero-order chi connectivity index (χ0) is 22.9. The first-order valence-electron chi connectivity index (χ1n) is 9.84. The van der Waals surface area contributed by atoms with Crippen LogP contribution in [-0.2, 0) is 22.7 Å². The third kappa shape index (κ3) is 5.79. The Morgan fingerprint density at radius 3 is 2.56 bits per heavy atom. The first kappa shape index (κ1) is 23.1. The number of benzene rings is 2. The van der Waals surface area contributed by atoms with Crippen LogP contribution in [0.3, 0.4) is 0 Å². The number of thioether (sulfide) groups is 1. The van der Waals surface area contributed by atoms with Crippen molar-refractivity contribution in [3.63, 3.8) is 0 Å². The molecule has 0 fully saturated rings. The summed E-state index contributed by atoms with van der Waals surface area (Å²) in [4.78, 5) is 24.0. The van der Waals surface area contributed by atoms with Gasteiger partial charge in [0.15, 0.2) is 22.5 Å². The lowest BCUT2D eigenvalue weighted by Gasteiger charge is -2.11. The number of nitrogens with one attached hydrogen (secondary N) is 1. The summed E-state index contributed by atoms with van der Waals surface area (Å²) in [6.07, 6.45) is 0. The minimum absolute atomic E-state index is 0.133. The molecule has 1 aromatic heterocycles. The van der Waals surface area contributed by atoms with Crippen molar-refractivity contribution in [1.82, 2.24) is 14.8 Å². The summed E-state index contributed by atoms with van der Waals surface area (Å²) in [6.45, 7) is 2.81. The number of para-hydroxylation sites is 2. The zero-order valence-corrected chi connectivity index (χ0v) is 18.8. The number of hydrogen-bond donors (Lipinski definition) is 1. The lowest BCUT2D eigenvalue weighted by atomic mass is 10.2. The number of methoxy groups -OCH3 is 2. The minimum atomic E-state index is -0.464. The summed E-state index contributed by atoms with van der Waals surface area (Å²) in [5.41, 5.74) is 0.879. The lowest BCUT2D eigenvalue weighted by Crippen LogP contribution is -2.15. The van der Waals surface area contributed by atoms with E-state index in [1.165, 1.54) is 18.9 Å². The fraction of sp³-hybridized carbons (Fsp3) is 0.273. The van der Waals surface area contributed by atoms with Gasteiger partial charge in [-0.15, -0.1) is 10.2 Å². The molecule has 1 heterocycles. The van der Waals surface area contributed by atoms with Gasteiger partial charge in [-0.2, -0.15) is 0 Å². The number of anilines is 1. The summed E-state index contributed by atoms with van der Waals surface area (Å²) in [7, 11) is 2.89. The van der Waals surface area contributed by atoms with E-state index < -0.39 is 5.97 Å². The van der Waals surface area contributed by atoms with Crippen molar-refractivity contribution >= 4 is 29.3 Å². The molecule has 1 amide bonds. The van der Waals surface area contributed by atoms with Gasteiger partial charge in [0.2, 0.25) is 5.91 Å². The smallest absolute Gasteiger partial charge is 0.337 e. The lowest BCUT2D eigenvalue weighted by molar-refractivity contribution is -0.113. The highest BCUT2D eigenvalue weighted by molar-refractivity contribution is 7.99. The highest BCUT2D eigenvalue weighted by Gasteiger charge is 2.15. The molecule has 3 aromatic rings. The Bertz CT molecular complexity index is 1090. The molecule has 32 heavy (non-hydrogen) atoms. The molecule has 3 rings (SSSR count). The second-order valence-corrected chi connectivity index (χ2v) is 7.43. The van der Waals surface area contributed by atoms with Gasteiger partial charge in [0.05, 0.1) is 25.5 Å². The monoisotopic (exact) mass is 456 g/mol. The molecule has 0 radical (unpaired) electrons. The second-order valence-electron chi connectivity index (χ2n) is 6.49. The molecule has 0 saturated heterocycles.